The summed E-state index contributed by atoms with van der Waals surface area (Å²) in [4.78, 5) is 23.0. The molecule has 0 aromatic heterocycles. The summed E-state index contributed by atoms with van der Waals surface area (Å²) in [5, 5.41) is 2.78. The van der Waals surface area contributed by atoms with Gasteiger partial charge in [-0.25, -0.2) is 8.78 Å². The molecule has 15 heteroatoms. The van der Waals surface area contributed by atoms with Crippen LogP contribution in [0.4, 0.5) is 17.6 Å². The van der Waals surface area contributed by atoms with Crippen LogP contribution in [-0.2, 0) is 42.7 Å². The lowest BCUT2D eigenvalue weighted by Crippen LogP contribution is -2.25. The van der Waals surface area contributed by atoms with Crippen molar-refractivity contribution in [2.45, 2.75) is 26.2 Å². The summed E-state index contributed by atoms with van der Waals surface area (Å²) in [6, 6.07) is 0.0165. The molecule has 42 heavy (non-hydrogen) atoms. The van der Waals surface area contributed by atoms with E-state index in [2.05, 4.69) is 10.1 Å². The number of carbonyl (C=O) groups excluding carboxylic acids is 2. The quantitative estimate of drug-likeness (QED) is 0.0520. The van der Waals surface area contributed by atoms with E-state index in [-0.39, 0.29) is 31.8 Å². The van der Waals surface area contributed by atoms with Crippen molar-refractivity contribution in [2.24, 2.45) is 0 Å². The zero-order valence-corrected chi connectivity index (χ0v) is 23.9. The molecule has 1 aromatic rings. The first-order chi connectivity index (χ1) is 20.4. The van der Waals surface area contributed by atoms with Crippen LogP contribution in [0.2, 0.25) is 0 Å². The van der Waals surface area contributed by atoms with Crippen molar-refractivity contribution in [1.82, 2.24) is 5.32 Å². The first-order valence-electron chi connectivity index (χ1n) is 13.7. The summed E-state index contributed by atoms with van der Waals surface area (Å²) in [6.07, 6.45) is 0.853. The smallest absolute Gasteiger partial charge is 0.313 e. The maximum atomic E-state index is 13.5. The van der Waals surface area contributed by atoms with E-state index in [4.69, 9.17) is 33.2 Å². The van der Waals surface area contributed by atoms with Crippen molar-refractivity contribution in [3.8, 4) is 5.75 Å². The topological polar surface area (TPSA) is 120 Å². The Morgan fingerprint density at radius 1 is 0.595 bits per heavy atom. The Labute approximate surface area is 243 Å². The number of hydrogen-bond donors (Lipinski definition) is 1. The van der Waals surface area contributed by atoms with Gasteiger partial charge in [0.25, 0.3) is 0 Å². The van der Waals surface area contributed by atoms with E-state index in [9.17, 15) is 27.2 Å². The molecule has 0 spiro atoms. The van der Waals surface area contributed by atoms with Gasteiger partial charge in [-0.1, -0.05) is 6.92 Å². The number of esters is 1. The third-order valence-corrected chi connectivity index (χ3v) is 5.02. The molecule has 0 unspecified atom stereocenters. The van der Waals surface area contributed by atoms with E-state index in [1.165, 1.54) is 0 Å². The van der Waals surface area contributed by atoms with E-state index in [1.54, 1.807) is 0 Å². The number of amides is 1. The Kier molecular flexibility index (Phi) is 22.5. The molecular formula is C27H41F4NO10. The van der Waals surface area contributed by atoms with Gasteiger partial charge in [-0.2, -0.15) is 8.78 Å². The Morgan fingerprint density at radius 3 is 1.33 bits per heavy atom. The SMILES string of the molecule is CCCNC(=O)CCOCCOCCOCCOCCOCCOCCOCCC(=O)Oc1c(F)c(F)cc(F)c1F. The second kappa shape index (κ2) is 25.1. The van der Waals surface area contributed by atoms with Crippen LogP contribution < -0.4 is 10.1 Å². The molecule has 0 saturated carbocycles. The summed E-state index contributed by atoms with van der Waals surface area (Å²) in [7, 11) is 0. The Morgan fingerprint density at radius 2 is 0.952 bits per heavy atom. The van der Waals surface area contributed by atoms with Gasteiger partial charge in [0.1, 0.15) is 0 Å². The number of benzene rings is 1. The van der Waals surface area contributed by atoms with Crippen LogP contribution in [-0.4, -0.2) is 111 Å². The highest BCUT2D eigenvalue weighted by Crippen LogP contribution is 2.26. The third-order valence-electron chi connectivity index (χ3n) is 5.02. The average Bonchev–Trinajstić information content (AvgIpc) is 2.97. The molecule has 0 atom stereocenters. The van der Waals surface area contributed by atoms with Crippen molar-refractivity contribution in [2.75, 3.05) is 99.0 Å². The second-order valence-corrected chi connectivity index (χ2v) is 8.41. The van der Waals surface area contributed by atoms with Crippen molar-refractivity contribution in [3.05, 3.63) is 29.3 Å². The van der Waals surface area contributed by atoms with Crippen LogP contribution in [0, 0.1) is 23.3 Å². The van der Waals surface area contributed by atoms with E-state index >= 15 is 0 Å². The highest BCUT2D eigenvalue weighted by molar-refractivity contribution is 5.75. The molecule has 0 aliphatic rings. The first-order valence-corrected chi connectivity index (χ1v) is 13.7. The zero-order chi connectivity index (χ0) is 30.8. The summed E-state index contributed by atoms with van der Waals surface area (Å²) in [5.74, 6) is -9.50. The van der Waals surface area contributed by atoms with Crippen LogP contribution in [0.5, 0.6) is 5.75 Å². The molecule has 0 radical (unpaired) electrons. The first kappa shape index (κ1) is 37.6. The van der Waals surface area contributed by atoms with Crippen LogP contribution in [0.3, 0.4) is 0 Å². The molecule has 0 aliphatic carbocycles. The second-order valence-electron chi connectivity index (χ2n) is 8.41. The monoisotopic (exact) mass is 615 g/mol. The third kappa shape index (κ3) is 18.9. The van der Waals surface area contributed by atoms with Crippen LogP contribution >= 0.6 is 0 Å². The summed E-state index contributed by atoms with van der Waals surface area (Å²) < 4.78 is 94.8. The van der Waals surface area contributed by atoms with E-state index < -0.39 is 41.4 Å². The maximum Gasteiger partial charge on any atom is 0.313 e. The van der Waals surface area contributed by atoms with Gasteiger partial charge in [0.05, 0.1) is 98.9 Å². The molecule has 242 valence electrons. The highest BCUT2D eigenvalue weighted by atomic mass is 19.2. The molecule has 1 rings (SSSR count). The van der Waals surface area contributed by atoms with E-state index in [0.29, 0.717) is 85.6 Å². The van der Waals surface area contributed by atoms with Gasteiger partial charge in [-0.15, -0.1) is 0 Å². The van der Waals surface area contributed by atoms with Gasteiger partial charge in [0.15, 0.2) is 11.6 Å². The molecule has 1 amide bonds. The largest absolute Gasteiger partial charge is 0.420 e. The van der Waals surface area contributed by atoms with Gasteiger partial charge < -0.3 is 43.2 Å². The molecule has 1 N–H and O–H groups in total. The number of carbonyl (C=O) groups is 2. The summed E-state index contributed by atoms with van der Waals surface area (Å²) >= 11 is 0. The fourth-order valence-electron chi connectivity index (χ4n) is 2.90. The van der Waals surface area contributed by atoms with Crippen LogP contribution in [0.15, 0.2) is 6.07 Å². The summed E-state index contributed by atoms with van der Waals surface area (Å²) in [6.45, 7) is 7.18. The lowest BCUT2D eigenvalue weighted by atomic mass is 10.3. The molecule has 0 fully saturated rings. The minimum absolute atomic E-state index is 0.0140. The van der Waals surface area contributed by atoms with Gasteiger partial charge >= 0.3 is 5.97 Å². The maximum absolute atomic E-state index is 13.5. The number of nitrogens with one attached hydrogen (secondary N) is 1. The van der Waals surface area contributed by atoms with E-state index in [0.717, 1.165) is 6.42 Å². The Hall–Kier alpha value is -2.40. The molecule has 0 bridgehead atoms. The molecule has 0 saturated heterocycles. The number of ether oxygens (including phenoxy) is 8. The number of rotatable bonds is 27. The average molecular weight is 616 g/mol. The zero-order valence-electron chi connectivity index (χ0n) is 23.9. The molecular weight excluding hydrogens is 574 g/mol. The summed E-state index contributed by atoms with van der Waals surface area (Å²) in [5.41, 5.74) is 0. The lowest BCUT2D eigenvalue weighted by molar-refractivity contribution is -0.136. The van der Waals surface area contributed by atoms with Crippen molar-refractivity contribution in [3.63, 3.8) is 0 Å². The minimum Gasteiger partial charge on any atom is -0.420 e. The Balaban J connectivity index is 1.80. The van der Waals surface area contributed by atoms with Gasteiger partial charge in [-0.3, -0.25) is 9.59 Å². The van der Waals surface area contributed by atoms with Gasteiger partial charge in [-0.05, 0) is 6.42 Å². The molecule has 0 aliphatic heterocycles. The fraction of sp³-hybridized carbons (Fsp3) is 0.704. The van der Waals surface area contributed by atoms with Gasteiger partial charge in [0, 0.05) is 19.0 Å². The van der Waals surface area contributed by atoms with E-state index in [1.807, 2.05) is 6.92 Å². The number of halogens is 4. The number of hydrogen-bond acceptors (Lipinski definition) is 10. The predicted molar refractivity (Wildman–Crippen MR) is 140 cm³/mol. The van der Waals surface area contributed by atoms with Crippen LogP contribution in [0.1, 0.15) is 26.2 Å². The lowest BCUT2D eigenvalue weighted by Gasteiger charge is -2.09. The van der Waals surface area contributed by atoms with Crippen molar-refractivity contribution in [1.29, 1.82) is 0 Å². The highest BCUT2D eigenvalue weighted by Gasteiger charge is 2.22. The molecule has 0 heterocycles. The Bertz CT molecular complexity index is 856. The van der Waals surface area contributed by atoms with Crippen molar-refractivity contribution < 1.29 is 65.0 Å². The minimum atomic E-state index is -1.79. The standard InChI is InChI=1S/C27H41F4NO10/c1-2-5-32-23(33)3-6-35-8-10-37-12-14-39-16-18-41-19-17-40-15-13-38-11-9-36-7-4-24(34)42-27-25(30)21(28)20-22(29)26(27)31/h20H,2-19H2,1H3,(H,32,33). The molecule has 11 nitrogen and oxygen atoms in total. The predicted octanol–water partition coefficient (Wildman–Crippen LogP) is 2.57. The van der Waals surface area contributed by atoms with Crippen molar-refractivity contribution >= 4 is 11.9 Å². The van der Waals surface area contributed by atoms with Crippen LogP contribution in [0.25, 0.3) is 0 Å². The molecule has 1 aromatic carbocycles. The van der Waals surface area contributed by atoms with Gasteiger partial charge in [0.2, 0.25) is 23.3 Å². The fourth-order valence-corrected chi connectivity index (χ4v) is 2.90. The normalized spacial score (nSPS) is 11.2.